The van der Waals surface area contributed by atoms with E-state index in [2.05, 4.69) is 16.8 Å². The first-order valence-corrected chi connectivity index (χ1v) is 7.15. The second kappa shape index (κ2) is 6.78. The first-order valence-electron chi connectivity index (χ1n) is 6.24. The van der Waals surface area contributed by atoms with E-state index >= 15 is 0 Å². The summed E-state index contributed by atoms with van der Waals surface area (Å²) in [5.74, 6) is 0.453. The molecule has 1 heterocycles. The van der Waals surface area contributed by atoms with Crippen LogP contribution in [0.1, 0.15) is 18.2 Å². The highest BCUT2D eigenvalue weighted by molar-refractivity contribution is 6.33. The summed E-state index contributed by atoms with van der Waals surface area (Å²) in [6, 6.07) is 11.8. The highest BCUT2D eigenvalue weighted by Crippen LogP contribution is 2.31. The molecule has 0 N–H and O–H groups in total. The Hall–Kier alpha value is -1.25. The van der Waals surface area contributed by atoms with Crippen molar-refractivity contribution in [2.24, 2.45) is 0 Å². The summed E-state index contributed by atoms with van der Waals surface area (Å²) in [4.78, 5) is 6.56. The molecular formula is C15H16Cl2N2. The molecule has 0 fully saturated rings. The molecule has 0 amide bonds. The zero-order chi connectivity index (χ0) is 13.7. The molecule has 0 spiro atoms. The predicted octanol–water partition coefficient (Wildman–Crippen LogP) is 4.50. The fourth-order valence-electron chi connectivity index (χ4n) is 2.06. The summed E-state index contributed by atoms with van der Waals surface area (Å²) in [6.45, 7) is 3.68. The topological polar surface area (TPSA) is 16.1 Å². The van der Waals surface area contributed by atoms with E-state index < -0.39 is 0 Å². The van der Waals surface area contributed by atoms with E-state index in [9.17, 15) is 0 Å². The average Bonchev–Trinajstić information content (AvgIpc) is 2.46. The van der Waals surface area contributed by atoms with Gasteiger partial charge in [-0.2, -0.15) is 0 Å². The fourth-order valence-corrected chi connectivity index (χ4v) is 2.59. The van der Waals surface area contributed by atoms with Crippen LogP contribution in [-0.4, -0.2) is 11.5 Å². The van der Waals surface area contributed by atoms with E-state index in [1.807, 2.05) is 36.4 Å². The van der Waals surface area contributed by atoms with Crippen LogP contribution in [0.2, 0.25) is 5.02 Å². The Morgan fingerprint density at radius 1 is 1.16 bits per heavy atom. The van der Waals surface area contributed by atoms with Gasteiger partial charge < -0.3 is 4.90 Å². The highest BCUT2D eigenvalue weighted by atomic mass is 35.5. The summed E-state index contributed by atoms with van der Waals surface area (Å²) in [5, 5.41) is 0.732. The van der Waals surface area contributed by atoms with Crippen molar-refractivity contribution in [3.63, 3.8) is 0 Å². The molecule has 0 aliphatic carbocycles. The van der Waals surface area contributed by atoms with Gasteiger partial charge in [0.25, 0.3) is 0 Å². The van der Waals surface area contributed by atoms with Gasteiger partial charge in [-0.25, -0.2) is 0 Å². The molecule has 0 saturated carbocycles. The maximum atomic E-state index is 6.33. The number of para-hydroxylation sites is 1. The van der Waals surface area contributed by atoms with Crippen molar-refractivity contribution in [2.45, 2.75) is 19.3 Å². The minimum Gasteiger partial charge on any atom is -0.364 e. The van der Waals surface area contributed by atoms with Crippen molar-refractivity contribution in [3.8, 4) is 0 Å². The summed E-state index contributed by atoms with van der Waals surface area (Å²) < 4.78 is 0. The summed E-state index contributed by atoms with van der Waals surface area (Å²) in [7, 11) is 0. The normalized spacial score (nSPS) is 10.5. The number of hydrogen-bond donors (Lipinski definition) is 0. The van der Waals surface area contributed by atoms with E-state index in [1.54, 1.807) is 6.20 Å². The predicted molar refractivity (Wildman–Crippen MR) is 82.0 cm³/mol. The van der Waals surface area contributed by atoms with Crippen molar-refractivity contribution in [3.05, 3.63) is 58.9 Å². The van der Waals surface area contributed by atoms with Crippen LogP contribution < -0.4 is 4.90 Å². The lowest BCUT2D eigenvalue weighted by molar-refractivity contribution is 0.806. The van der Waals surface area contributed by atoms with E-state index in [4.69, 9.17) is 23.2 Å². The average molecular weight is 295 g/mol. The van der Waals surface area contributed by atoms with Gasteiger partial charge in [0.2, 0.25) is 0 Å². The first kappa shape index (κ1) is 14.2. The molecule has 2 nitrogen and oxygen atoms in total. The van der Waals surface area contributed by atoms with Crippen LogP contribution in [0.4, 0.5) is 5.69 Å². The van der Waals surface area contributed by atoms with Gasteiger partial charge in [-0.15, -0.1) is 11.6 Å². The van der Waals surface area contributed by atoms with Crippen LogP contribution in [0.15, 0.2) is 42.6 Å². The first-order chi connectivity index (χ1) is 9.26. The molecule has 0 atom stereocenters. The maximum absolute atomic E-state index is 6.33. The van der Waals surface area contributed by atoms with Crippen molar-refractivity contribution in [1.29, 1.82) is 0 Å². The Balaban J connectivity index is 2.32. The SMILES string of the molecule is CCN(Cc1ccccn1)c1c(Cl)cccc1CCl. The number of rotatable bonds is 5. The lowest BCUT2D eigenvalue weighted by atomic mass is 10.1. The number of pyridine rings is 1. The van der Waals surface area contributed by atoms with Gasteiger partial charge in [-0.05, 0) is 30.7 Å². The summed E-state index contributed by atoms with van der Waals surface area (Å²) >= 11 is 12.3. The quantitative estimate of drug-likeness (QED) is 0.755. The third-order valence-electron chi connectivity index (χ3n) is 2.99. The minimum absolute atomic E-state index is 0.453. The molecule has 2 aromatic rings. The van der Waals surface area contributed by atoms with Crippen molar-refractivity contribution in [1.82, 2.24) is 4.98 Å². The van der Waals surface area contributed by atoms with Crippen LogP contribution in [0, 0.1) is 0 Å². The molecule has 0 saturated heterocycles. The smallest absolute Gasteiger partial charge is 0.0642 e. The zero-order valence-electron chi connectivity index (χ0n) is 10.8. The van der Waals surface area contributed by atoms with Crippen LogP contribution in [0.3, 0.4) is 0 Å². The zero-order valence-corrected chi connectivity index (χ0v) is 12.3. The van der Waals surface area contributed by atoms with E-state index in [0.29, 0.717) is 5.88 Å². The third-order valence-corrected chi connectivity index (χ3v) is 3.58. The standard InChI is InChI=1S/C15H16Cl2N2/c1-2-19(11-13-7-3-4-9-18-13)15-12(10-16)6-5-8-14(15)17/h3-9H,2,10-11H2,1H3. The van der Waals surface area contributed by atoms with Crippen molar-refractivity contribution < 1.29 is 0 Å². The van der Waals surface area contributed by atoms with Gasteiger partial charge in [0, 0.05) is 18.6 Å². The van der Waals surface area contributed by atoms with Gasteiger partial charge in [0.05, 0.1) is 22.9 Å². The number of hydrogen-bond acceptors (Lipinski definition) is 2. The molecule has 1 aromatic carbocycles. The van der Waals surface area contributed by atoms with Crippen LogP contribution in [0.25, 0.3) is 0 Å². The summed E-state index contributed by atoms with van der Waals surface area (Å²) in [5.41, 5.74) is 3.07. The van der Waals surface area contributed by atoms with E-state index in [1.165, 1.54) is 0 Å². The molecule has 19 heavy (non-hydrogen) atoms. The Labute approximate surface area is 124 Å². The molecule has 2 rings (SSSR count). The van der Waals surface area contributed by atoms with Crippen LogP contribution >= 0.6 is 23.2 Å². The molecule has 0 aliphatic rings. The molecule has 0 unspecified atom stereocenters. The number of benzene rings is 1. The Bertz CT molecular complexity index is 529. The van der Waals surface area contributed by atoms with Crippen LogP contribution in [0.5, 0.6) is 0 Å². The molecule has 4 heteroatoms. The summed E-state index contributed by atoms with van der Waals surface area (Å²) in [6.07, 6.45) is 1.80. The Morgan fingerprint density at radius 3 is 2.63 bits per heavy atom. The minimum atomic E-state index is 0.453. The number of aromatic nitrogens is 1. The number of anilines is 1. The van der Waals surface area contributed by atoms with Crippen molar-refractivity contribution >= 4 is 28.9 Å². The molecule has 0 radical (unpaired) electrons. The number of alkyl halides is 1. The van der Waals surface area contributed by atoms with E-state index in [-0.39, 0.29) is 0 Å². The van der Waals surface area contributed by atoms with Gasteiger partial charge in [-0.1, -0.05) is 29.8 Å². The largest absolute Gasteiger partial charge is 0.364 e. The molecule has 0 bridgehead atoms. The fraction of sp³-hybridized carbons (Fsp3) is 0.267. The second-order valence-electron chi connectivity index (χ2n) is 4.22. The second-order valence-corrected chi connectivity index (χ2v) is 4.89. The van der Waals surface area contributed by atoms with Crippen LogP contribution in [-0.2, 0) is 12.4 Å². The Morgan fingerprint density at radius 2 is 2.00 bits per heavy atom. The third kappa shape index (κ3) is 3.40. The van der Waals surface area contributed by atoms with Gasteiger partial charge >= 0.3 is 0 Å². The van der Waals surface area contributed by atoms with Crippen molar-refractivity contribution in [2.75, 3.05) is 11.4 Å². The van der Waals surface area contributed by atoms with Gasteiger partial charge in [0.15, 0.2) is 0 Å². The Kier molecular flexibility index (Phi) is 5.06. The number of halogens is 2. The lowest BCUT2D eigenvalue weighted by Gasteiger charge is -2.26. The van der Waals surface area contributed by atoms with Gasteiger partial charge in [0.1, 0.15) is 0 Å². The molecule has 0 aliphatic heterocycles. The molecular weight excluding hydrogens is 279 g/mol. The monoisotopic (exact) mass is 294 g/mol. The molecule has 100 valence electrons. The number of nitrogens with zero attached hydrogens (tertiary/aromatic N) is 2. The van der Waals surface area contributed by atoms with E-state index in [0.717, 1.165) is 35.1 Å². The lowest BCUT2D eigenvalue weighted by Crippen LogP contribution is -2.24. The highest BCUT2D eigenvalue weighted by Gasteiger charge is 2.14. The molecule has 1 aromatic heterocycles. The van der Waals surface area contributed by atoms with Gasteiger partial charge in [-0.3, -0.25) is 4.98 Å². The maximum Gasteiger partial charge on any atom is 0.0642 e.